The van der Waals surface area contributed by atoms with Crippen LogP contribution in [0.5, 0.6) is 0 Å². The van der Waals surface area contributed by atoms with E-state index in [2.05, 4.69) is 15.4 Å². The highest BCUT2D eigenvalue weighted by Gasteiger charge is 2.34. The van der Waals surface area contributed by atoms with E-state index in [4.69, 9.17) is 4.74 Å². The molecule has 0 spiro atoms. The summed E-state index contributed by atoms with van der Waals surface area (Å²) in [5.74, 6) is -1.56. The van der Waals surface area contributed by atoms with Gasteiger partial charge in [0.1, 0.15) is 24.2 Å². The van der Waals surface area contributed by atoms with Crippen LogP contribution < -0.4 is 10.6 Å². The van der Waals surface area contributed by atoms with Crippen molar-refractivity contribution >= 4 is 23.9 Å². The van der Waals surface area contributed by atoms with Crippen LogP contribution >= 0.6 is 0 Å². The number of amides is 3. The van der Waals surface area contributed by atoms with Crippen molar-refractivity contribution in [1.29, 1.82) is 0 Å². The van der Waals surface area contributed by atoms with Crippen LogP contribution in [0.2, 0.25) is 0 Å². The van der Waals surface area contributed by atoms with Gasteiger partial charge in [-0.05, 0) is 51.7 Å². The van der Waals surface area contributed by atoms with Gasteiger partial charge in [0.2, 0.25) is 11.8 Å². The zero-order valence-electron chi connectivity index (χ0n) is 20.7. The number of nitrogens with one attached hydrogen (secondary N) is 2. The van der Waals surface area contributed by atoms with Crippen molar-refractivity contribution in [3.63, 3.8) is 0 Å². The molecule has 2 atom stereocenters. The van der Waals surface area contributed by atoms with E-state index < -0.39 is 41.6 Å². The monoisotopic (exact) mass is 463 g/mol. The Balaban J connectivity index is 3.23. The van der Waals surface area contributed by atoms with E-state index in [1.807, 2.05) is 26.0 Å². The molecule has 0 aromatic heterocycles. The Hall–Kier alpha value is -3.10. The molecule has 0 aliphatic carbocycles. The second-order valence-corrected chi connectivity index (χ2v) is 8.69. The van der Waals surface area contributed by atoms with Crippen LogP contribution in [-0.4, -0.2) is 60.6 Å². The number of carbonyl (C=O) groups excluding carboxylic acids is 4. The number of methoxy groups -OCH3 is 1. The minimum Gasteiger partial charge on any atom is -0.468 e. The molecule has 1 aromatic carbocycles. The lowest BCUT2D eigenvalue weighted by atomic mass is 10.0. The van der Waals surface area contributed by atoms with Crippen LogP contribution in [0, 0.1) is 0 Å². The van der Waals surface area contributed by atoms with Gasteiger partial charge < -0.3 is 25.0 Å². The molecule has 2 N–H and O–H groups in total. The fourth-order valence-electron chi connectivity index (χ4n) is 3.14. The predicted molar refractivity (Wildman–Crippen MR) is 124 cm³/mol. The fourth-order valence-corrected chi connectivity index (χ4v) is 3.14. The normalized spacial score (nSPS) is 12.8. The Morgan fingerprint density at radius 3 is 2.15 bits per heavy atom. The Morgan fingerprint density at radius 2 is 1.67 bits per heavy atom. The Bertz CT molecular complexity index is 816. The Morgan fingerprint density at radius 1 is 1.06 bits per heavy atom. The van der Waals surface area contributed by atoms with Gasteiger partial charge in [0.15, 0.2) is 0 Å². The van der Waals surface area contributed by atoms with Gasteiger partial charge >= 0.3 is 12.1 Å². The summed E-state index contributed by atoms with van der Waals surface area (Å²) in [6, 6.07) is 5.46. The smallest absolute Gasteiger partial charge is 0.408 e. The number of benzene rings is 1. The summed E-state index contributed by atoms with van der Waals surface area (Å²) >= 11 is 0. The molecule has 0 heterocycles. The number of hydrogen-bond donors (Lipinski definition) is 2. The maximum Gasteiger partial charge on any atom is 0.408 e. The van der Waals surface area contributed by atoms with Crippen molar-refractivity contribution in [2.45, 2.75) is 72.1 Å². The van der Waals surface area contributed by atoms with Gasteiger partial charge in [0.25, 0.3) is 0 Å². The van der Waals surface area contributed by atoms with Crippen molar-refractivity contribution in [2.75, 3.05) is 20.2 Å². The SMILES string of the molecule is CCCN(C(=O)C(C)NC(=O)OC(C)(C)C)C(C(=O)NCC(=O)OC)c1ccc(CC)cc1. The van der Waals surface area contributed by atoms with Crippen molar-refractivity contribution in [3.8, 4) is 0 Å². The molecule has 33 heavy (non-hydrogen) atoms. The molecule has 3 amide bonds. The van der Waals surface area contributed by atoms with E-state index in [1.54, 1.807) is 39.8 Å². The van der Waals surface area contributed by atoms with Crippen LogP contribution in [0.25, 0.3) is 0 Å². The van der Waals surface area contributed by atoms with Crippen LogP contribution in [0.1, 0.15) is 65.1 Å². The third-order valence-electron chi connectivity index (χ3n) is 4.75. The standard InChI is InChI=1S/C24H37N3O6/c1-8-14-27(22(30)16(3)26-23(31)33-24(4,5)6)20(21(29)25-15-19(28)32-7)18-12-10-17(9-2)11-13-18/h10-13,16,20H,8-9,14-15H2,1-7H3,(H,25,29)(H,26,31). The molecule has 1 aromatic rings. The Labute approximate surface area is 196 Å². The lowest BCUT2D eigenvalue weighted by Gasteiger charge is -2.33. The highest BCUT2D eigenvalue weighted by molar-refractivity contribution is 5.93. The van der Waals surface area contributed by atoms with Crippen LogP contribution in [0.3, 0.4) is 0 Å². The summed E-state index contributed by atoms with van der Waals surface area (Å²) in [5, 5.41) is 5.09. The first-order valence-electron chi connectivity index (χ1n) is 11.2. The first-order chi connectivity index (χ1) is 15.4. The van der Waals surface area contributed by atoms with E-state index in [0.29, 0.717) is 12.0 Å². The number of hydrogen-bond acceptors (Lipinski definition) is 6. The molecule has 0 radical (unpaired) electrons. The molecule has 0 saturated carbocycles. The number of alkyl carbamates (subject to hydrolysis) is 1. The molecule has 9 nitrogen and oxygen atoms in total. The molecule has 0 bridgehead atoms. The van der Waals surface area contributed by atoms with Gasteiger partial charge in [-0.3, -0.25) is 14.4 Å². The molecule has 2 unspecified atom stereocenters. The van der Waals surface area contributed by atoms with Gasteiger partial charge in [-0.15, -0.1) is 0 Å². The number of esters is 1. The second kappa shape index (κ2) is 12.8. The van der Waals surface area contributed by atoms with Crippen LogP contribution in [0.15, 0.2) is 24.3 Å². The third-order valence-corrected chi connectivity index (χ3v) is 4.75. The quantitative estimate of drug-likeness (QED) is 0.516. The van der Waals surface area contributed by atoms with Crippen molar-refractivity contribution in [3.05, 3.63) is 35.4 Å². The number of aryl methyl sites for hydroxylation is 1. The first kappa shape index (κ1) is 27.9. The zero-order valence-corrected chi connectivity index (χ0v) is 20.7. The average molecular weight is 464 g/mol. The maximum atomic E-state index is 13.4. The summed E-state index contributed by atoms with van der Waals surface area (Å²) in [7, 11) is 1.23. The summed E-state index contributed by atoms with van der Waals surface area (Å²) in [4.78, 5) is 51.6. The minimum absolute atomic E-state index is 0.269. The van der Waals surface area contributed by atoms with E-state index in [1.165, 1.54) is 12.0 Å². The fraction of sp³-hybridized carbons (Fsp3) is 0.583. The largest absolute Gasteiger partial charge is 0.468 e. The molecule has 0 aliphatic rings. The first-order valence-corrected chi connectivity index (χ1v) is 11.2. The van der Waals surface area contributed by atoms with Crippen molar-refractivity contribution in [1.82, 2.24) is 15.5 Å². The average Bonchev–Trinajstić information content (AvgIpc) is 2.75. The van der Waals surface area contributed by atoms with Crippen molar-refractivity contribution < 1.29 is 28.7 Å². The summed E-state index contributed by atoms with van der Waals surface area (Å²) in [5.41, 5.74) is 0.967. The van der Waals surface area contributed by atoms with Crippen molar-refractivity contribution in [2.24, 2.45) is 0 Å². The van der Waals surface area contributed by atoms with Gasteiger partial charge in [0.05, 0.1) is 7.11 Å². The van der Waals surface area contributed by atoms with E-state index in [0.717, 1.165) is 12.0 Å². The number of rotatable bonds is 10. The number of carbonyl (C=O) groups is 4. The van der Waals surface area contributed by atoms with E-state index in [9.17, 15) is 19.2 Å². The topological polar surface area (TPSA) is 114 Å². The van der Waals surface area contributed by atoms with Gasteiger partial charge in [-0.25, -0.2) is 4.79 Å². The van der Waals surface area contributed by atoms with Crippen LogP contribution in [0.4, 0.5) is 4.79 Å². The van der Waals surface area contributed by atoms with Gasteiger partial charge in [0, 0.05) is 6.54 Å². The minimum atomic E-state index is -0.990. The molecule has 1 rings (SSSR count). The maximum absolute atomic E-state index is 13.4. The highest BCUT2D eigenvalue weighted by atomic mass is 16.6. The molecule has 9 heteroatoms. The molecular formula is C24H37N3O6. The highest BCUT2D eigenvalue weighted by Crippen LogP contribution is 2.24. The van der Waals surface area contributed by atoms with Crippen LogP contribution in [-0.2, 0) is 30.3 Å². The zero-order chi connectivity index (χ0) is 25.2. The molecule has 0 fully saturated rings. The lowest BCUT2D eigenvalue weighted by molar-refractivity contribution is -0.144. The molecular weight excluding hydrogens is 426 g/mol. The molecule has 0 aliphatic heterocycles. The van der Waals surface area contributed by atoms with Gasteiger partial charge in [-0.2, -0.15) is 0 Å². The summed E-state index contributed by atoms with van der Waals surface area (Å²) in [6.45, 7) is 10.6. The number of ether oxygens (including phenoxy) is 2. The third kappa shape index (κ3) is 9.11. The molecule has 0 saturated heterocycles. The molecule has 184 valence electrons. The van der Waals surface area contributed by atoms with E-state index in [-0.39, 0.29) is 13.1 Å². The summed E-state index contributed by atoms with van der Waals surface area (Å²) < 4.78 is 9.84. The predicted octanol–water partition coefficient (Wildman–Crippen LogP) is 2.73. The lowest BCUT2D eigenvalue weighted by Crippen LogP contribution is -2.52. The second-order valence-electron chi connectivity index (χ2n) is 8.69. The Kier molecular flexibility index (Phi) is 10.8. The number of nitrogens with zero attached hydrogens (tertiary/aromatic N) is 1. The van der Waals surface area contributed by atoms with E-state index >= 15 is 0 Å². The summed E-state index contributed by atoms with van der Waals surface area (Å²) in [6.07, 6.45) is 0.686. The van der Waals surface area contributed by atoms with Gasteiger partial charge in [-0.1, -0.05) is 38.1 Å².